The quantitative estimate of drug-likeness (QED) is 0.834. The first-order valence-corrected chi connectivity index (χ1v) is 11.0. The molecule has 1 amide bonds. The fraction of sp³-hybridized carbons (Fsp3) is 0.650. The molecule has 0 radical (unpaired) electrons. The molecule has 0 unspecified atom stereocenters. The zero-order valence-electron chi connectivity index (χ0n) is 15.8. The van der Waals surface area contributed by atoms with E-state index in [1.54, 1.807) is 0 Å². The van der Waals surface area contributed by atoms with Crippen molar-refractivity contribution in [3.8, 4) is 0 Å². The average molecular weight is 366 g/mol. The van der Waals surface area contributed by atoms with Crippen molar-refractivity contribution in [2.45, 2.75) is 76.3 Å². The molecule has 1 saturated carbocycles. The van der Waals surface area contributed by atoms with Gasteiger partial charge in [0.25, 0.3) is 0 Å². The SMILES string of the molecule is CC(C)c1ccc(CS(=O)(=O)[C@H](C)C(=O)N[C@H]2CCCC[C@H]2C)cc1. The predicted octanol–water partition coefficient (Wildman–Crippen LogP) is 3.81. The molecule has 140 valence electrons. The van der Waals surface area contributed by atoms with Gasteiger partial charge in [-0.1, -0.05) is 57.9 Å². The van der Waals surface area contributed by atoms with Gasteiger partial charge in [-0.2, -0.15) is 0 Å². The molecule has 1 aliphatic carbocycles. The van der Waals surface area contributed by atoms with Crippen LogP contribution in [0.1, 0.15) is 70.4 Å². The van der Waals surface area contributed by atoms with E-state index in [-0.39, 0.29) is 17.7 Å². The number of rotatable bonds is 6. The third-order valence-corrected chi connectivity index (χ3v) is 7.39. The van der Waals surface area contributed by atoms with E-state index in [0.29, 0.717) is 11.8 Å². The van der Waals surface area contributed by atoms with E-state index in [2.05, 4.69) is 26.1 Å². The van der Waals surface area contributed by atoms with Gasteiger partial charge in [0, 0.05) is 6.04 Å². The van der Waals surface area contributed by atoms with E-state index in [1.165, 1.54) is 18.9 Å². The van der Waals surface area contributed by atoms with Gasteiger partial charge in [-0.25, -0.2) is 8.42 Å². The average Bonchev–Trinajstić information content (AvgIpc) is 2.56. The number of amides is 1. The molecule has 0 bridgehead atoms. The minimum absolute atomic E-state index is 0.0970. The summed E-state index contributed by atoms with van der Waals surface area (Å²) in [6.45, 7) is 7.83. The molecule has 1 fully saturated rings. The summed E-state index contributed by atoms with van der Waals surface area (Å²) in [6.07, 6.45) is 4.32. The van der Waals surface area contributed by atoms with Gasteiger partial charge >= 0.3 is 0 Å². The van der Waals surface area contributed by atoms with Crippen molar-refractivity contribution >= 4 is 15.7 Å². The minimum Gasteiger partial charge on any atom is -0.352 e. The van der Waals surface area contributed by atoms with Crippen LogP contribution in [0.15, 0.2) is 24.3 Å². The van der Waals surface area contributed by atoms with E-state index < -0.39 is 15.1 Å². The van der Waals surface area contributed by atoms with Crippen LogP contribution in [0.4, 0.5) is 0 Å². The predicted molar refractivity (Wildman–Crippen MR) is 102 cm³/mol. The molecule has 1 aromatic rings. The molecule has 1 aliphatic rings. The van der Waals surface area contributed by atoms with E-state index in [4.69, 9.17) is 0 Å². The van der Waals surface area contributed by atoms with Crippen LogP contribution >= 0.6 is 0 Å². The molecule has 0 spiro atoms. The summed E-state index contributed by atoms with van der Waals surface area (Å²) in [5.41, 5.74) is 1.91. The third-order valence-electron chi connectivity index (χ3n) is 5.36. The maximum Gasteiger partial charge on any atom is 0.238 e. The molecule has 0 saturated heterocycles. The monoisotopic (exact) mass is 365 g/mol. The summed E-state index contributed by atoms with van der Waals surface area (Å²) in [5.74, 6) is 0.363. The lowest BCUT2D eigenvalue weighted by atomic mass is 9.86. The molecule has 2 rings (SSSR count). The largest absolute Gasteiger partial charge is 0.352 e. The molecular formula is C20H31NO3S. The standard InChI is InChI=1S/C20H31NO3S/c1-14(2)18-11-9-17(10-12-18)13-25(23,24)16(4)20(22)21-19-8-6-5-7-15(19)3/h9-12,14-16,19H,5-8,13H2,1-4H3,(H,21,22)/t15-,16-,19+/m1/s1. The van der Waals surface area contributed by atoms with Crippen molar-refractivity contribution in [2.75, 3.05) is 0 Å². The Morgan fingerprint density at radius 1 is 1.12 bits per heavy atom. The number of hydrogen-bond acceptors (Lipinski definition) is 3. The first kappa shape index (κ1) is 20.0. The van der Waals surface area contributed by atoms with Crippen LogP contribution in [0.25, 0.3) is 0 Å². The number of hydrogen-bond donors (Lipinski definition) is 1. The Bertz CT molecular complexity index is 679. The van der Waals surface area contributed by atoms with Crippen molar-refractivity contribution < 1.29 is 13.2 Å². The lowest BCUT2D eigenvalue weighted by molar-refractivity contribution is -0.121. The Balaban J connectivity index is 2.00. The second kappa shape index (κ2) is 8.35. The van der Waals surface area contributed by atoms with Gasteiger partial charge in [0.15, 0.2) is 9.84 Å². The Morgan fingerprint density at radius 3 is 2.28 bits per heavy atom. The molecule has 0 heterocycles. The smallest absolute Gasteiger partial charge is 0.238 e. The van der Waals surface area contributed by atoms with Crippen molar-refractivity contribution in [1.82, 2.24) is 5.32 Å². The molecule has 5 heteroatoms. The van der Waals surface area contributed by atoms with Crippen molar-refractivity contribution in [1.29, 1.82) is 0 Å². The Hall–Kier alpha value is -1.36. The lowest BCUT2D eigenvalue weighted by Gasteiger charge is -2.30. The number of sulfone groups is 1. The van der Waals surface area contributed by atoms with Gasteiger partial charge in [0.2, 0.25) is 5.91 Å². The summed E-state index contributed by atoms with van der Waals surface area (Å²) >= 11 is 0. The highest BCUT2D eigenvalue weighted by Crippen LogP contribution is 2.24. The van der Waals surface area contributed by atoms with Crippen molar-refractivity contribution in [3.63, 3.8) is 0 Å². The number of carbonyl (C=O) groups excluding carboxylic acids is 1. The molecule has 0 aliphatic heterocycles. The van der Waals surface area contributed by atoms with Crippen molar-refractivity contribution in [2.24, 2.45) is 5.92 Å². The highest BCUT2D eigenvalue weighted by Gasteiger charge is 2.31. The van der Waals surface area contributed by atoms with Gasteiger partial charge in [0.05, 0.1) is 5.75 Å². The maximum absolute atomic E-state index is 12.6. The first-order chi connectivity index (χ1) is 11.7. The Labute approximate surface area is 152 Å². The van der Waals surface area contributed by atoms with Gasteiger partial charge in [-0.15, -0.1) is 0 Å². The summed E-state index contributed by atoms with van der Waals surface area (Å²) in [6, 6.07) is 7.72. The topological polar surface area (TPSA) is 63.2 Å². The van der Waals surface area contributed by atoms with E-state index in [9.17, 15) is 13.2 Å². The molecule has 4 nitrogen and oxygen atoms in total. The highest BCUT2D eigenvalue weighted by atomic mass is 32.2. The normalized spacial score (nSPS) is 22.6. The zero-order valence-corrected chi connectivity index (χ0v) is 16.6. The number of nitrogens with one attached hydrogen (secondary N) is 1. The van der Waals surface area contributed by atoms with Gasteiger partial charge in [-0.05, 0) is 42.7 Å². The van der Waals surface area contributed by atoms with Gasteiger partial charge in [0.1, 0.15) is 5.25 Å². The second-order valence-electron chi connectivity index (χ2n) is 7.72. The first-order valence-electron chi connectivity index (χ1n) is 9.31. The van der Waals surface area contributed by atoms with E-state index >= 15 is 0 Å². The summed E-state index contributed by atoms with van der Waals surface area (Å²) < 4.78 is 25.2. The fourth-order valence-corrected chi connectivity index (χ4v) is 4.65. The highest BCUT2D eigenvalue weighted by molar-refractivity contribution is 7.92. The van der Waals surface area contributed by atoms with Crippen LogP contribution in [0, 0.1) is 5.92 Å². The van der Waals surface area contributed by atoms with Crippen molar-refractivity contribution in [3.05, 3.63) is 35.4 Å². The summed E-state index contributed by atoms with van der Waals surface area (Å²) in [5, 5.41) is 1.94. The minimum atomic E-state index is -3.53. The molecule has 0 aromatic heterocycles. The molecule has 1 N–H and O–H groups in total. The number of benzene rings is 1. The second-order valence-corrected chi connectivity index (χ2v) is 10.0. The van der Waals surface area contributed by atoms with Gasteiger partial charge in [-0.3, -0.25) is 4.79 Å². The summed E-state index contributed by atoms with van der Waals surface area (Å²) in [7, 11) is -3.53. The van der Waals surface area contributed by atoms with Crippen LogP contribution in [0.3, 0.4) is 0 Å². The van der Waals surface area contributed by atoms with Crippen LogP contribution in [0.5, 0.6) is 0 Å². The Morgan fingerprint density at radius 2 is 1.72 bits per heavy atom. The molecular weight excluding hydrogens is 334 g/mol. The van der Waals surface area contributed by atoms with E-state index in [0.717, 1.165) is 24.8 Å². The zero-order chi connectivity index (χ0) is 18.6. The number of carbonyl (C=O) groups is 1. The maximum atomic E-state index is 12.6. The van der Waals surface area contributed by atoms with Crippen LogP contribution < -0.4 is 5.32 Å². The fourth-order valence-electron chi connectivity index (χ4n) is 3.35. The van der Waals surface area contributed by atoms with E-state index in [1.807, 2.05) is 24.3 Å². The van der Waals surface area contributed by atoms with Crippen LogP contribution in [-0.4, -0.2) is 25.6 Å². The molecule has 25 heavy (non-hydrogen) atoms. The molecule has 1 aromatic carbocycles. The lowest BCUT2D eigenvalue weighted by Crippen LogP contribution is -2.47. The third kappa shape index (κ3) is 5.30. The van der Waals surface area contributed by atoms with Crippen LogP contribution in [0.2, 0.25) is 0 Å². The van der Waals surface area contributed by atoms with Crippen LogP contribution in [-0.2, 0) is 20.4 Å². The molecule has 3 atom stereocenters. The summed E-state index contributed by atoms with van der Waals surface area (Å²) in [4.78, 5) is 12.4. The van der Waals surface area contributed by atoms with Gasteiger partial charge < -0.3 is 5.32 Å². The Kier molecular flexibility index (Phi) is 6.66.